The summed E-state index contributed by atoms with van der Waals surface area (Å²) in [4.78, 5) is 10.2. The minimum Gasteiger partial charge on any atom is -0.479 e. The molecule has 1 rings (SSSR count). The summed E-state index contributed by atoms with van der Waals surface area (Å²) in [5.41, 5.74) is -0.462. The van der Waals surface area contributed by atoms with Gasteiger partial charge in [-0.3, -0.25) is 0 Å². The third-order valence-electron chi connectivity index (χ3n) is 1.45. The van der Waals surface area contributed by atoms with E-state index in [1.54, 1.807) is 0 Å². The van der Waals surface area contributed by atoms with Gasteiger partial charge in [-0.2, -0.15) is 0 Å². The second-order valence-corrected chi connectivity index (χ2v) is 3.28. The summed E-state index contributed by atoms with van der Waals surface area (Å²) < 4.78 is 26.2. The van der Waals surface area contributed by atoms with Gasteiger partial charge in [0.2, 0.25) is 6.17 Å². The van der Waals surface area contributed by atoms with E-state index in [-0.39, 0.29) is 0 Å². The van der Waals surface area contributed by atoms with Crippen molar-refractivity contribution in [1.29, 1.82) is 0 Å². The molecule has 0 heterocycles. The average Bonchev–Trinajstić information content (AvgIpc) is 2.03. The molecule has 1 N–H and O–H groups in total. The van der Waals surface area contributed by atoms with E-state index >= 15 is 0 Å². The maximum Gasteiger partial charge on any atom is 0.343 e. The number of carboxylic acids is 1. The quantitative estimate of drug-likeness (QED) is 0.877. The lowest BCUT2D eigenvalue weighted by Gasteiger charge is -2.04. The van der Waals surface area contributed by atoms with Crippen LogP contribution in [-0.4, -0.2) is 11.1 Å². The molecule has 0 spiro atoms. The molecular weight excluding hydrogens is 246 g/mol. The lowest BCUT2D eigenvalue weighted by Crippen LogP contribution is -2.07. The highest BCUT2D eigenvalue weighted by Crippen LogP contribution is 2.23. The summed E-state index contributed by atoms with van der Waals surface area (Å²) in [7, 11) is 0. The van der Waals surface area contributed by atoms with Crippen LogP contribution in [0.1, 0.15) is 11.7 Å². The van der Waals surface area contributed by atoms with E-state index in [0.717, 1.165) is 12.1 Å². The normalized spacial score (nSPS) is 12.5. The minimum absolute atomic E-state index is 0.436. The topological polar surface area (TPSA) is 37.3 Å². The van der Waals surface area contributed by atoms with Gasteiger partial charge >= 0.3 is 5.97 Å². The fourth-order valence-electron chi connectivity index (χ4n) is 0.840. The highest BCUT2D eigenvalue weighted by Gasteiger charge is 2.21. The van der Waals surface area contributed by atoms with E-state index in [0.29, 0.717) is 4.47 Å². The molecule has 1 atom stereocenters. The molecule has 2 nitrogen and oxygen atoms in total. The molecule has 0 aliphatic carbocycles. The van der Waals surface area contributed by atoms with Crippen LogP contribution in [0.4, 0.5) is 8.78 Å². The lowest BCUT2D eigenvalue weighted by atomic mass is 10.1. The largest absolute Gasteiger partial charge is 0.479 e. The third-order valence-corrected chi connectivity index (χ3v) is 1.95. The number of carbonyl (C=O) groups is 1. The SMILES string of the molecule is O=C(O)C(F)c1ccc(Br)cc1F. The Labute approximate surface area is 81.3 Å². The van der Waals surface area contributed by atoms with E-state index in [4.69, 9.17) is 5.11 Å². The highest BCUT2D eigenvalue weighted by atomic mass is 79.9. The number of halogens is 3. The molecule has 0 bridgehead atoms. The van der Waals surface area contributed by atoms with E-state index in [1.165, 1.54) is 6.07 Å². The van der Waals surface area contributed by atoms with Crippen molar-refractivity contribution in [3.63, 3.8) is 0 Å². The van der Waals surface area contributed by atoms with Gasteiger partial charge in [-0.25, -0.2) is 13.6 Å². The Morgan fingerprint density at radius 3 is 2.62 bits per heavy atom. The van der Waals surface area contributed by atoms with Crippen molar-refractivity contribution in [2.75, 3.05) is 0 Å². The van der Waals surface area contributed by atoms with Gasteiger partial charge in [0, 0.05) is 10.0 Å². The maximum absolute atomic E-state index is 12.9. The Kier molecular flexibility index (Phi) is 2.98. The Bertz CT molecular complexity index is 341. The fourth-order valence-corrected chi connectivity index (χ4v) is 1.17. The highest BCUT2D eigenvalue weighted by molar-refractivity contribution is 9.10. The van der Waals surface area contributed by atoms with Crippen LogP contribution >= 0.6 is 15.9 Å². The van der Waals surface area contributed by atoms with Crippen molar-refractivity contribution in [3.8, 4) is 0 Å². The van der Waals surface area contributed by atoms with Gasteiger partial charge in [0.1, 0.15) is 5.82 Å². The molecule has 0 amide bonds. The van der Waals surface area contributed by atoms with Crippen LogP contribution in [0.2, 0.25) is 0 Å². The monoisotopic (exact) mass is 250 g/mol. The maximum atomic E-state index is 12.9. The average molecular weight is 251 g/mol. The van der Waals surface area contributed by atoms with E-state index in [2.05, 4.69) is 15.9 Å². The number of rotatable bonds is 2. The molecule has 13 heavy (non-hydrogen) atoms. The first-order chi connectivity index (χ1) is 6.02. The number of aliphatic carboxylic acids is 1. The summed E-state index contributed by atoms with van der Waals surface area (Å²) >= 11 is 2.97. The molecule has 0 aromatic heterocycles. The number of hydrogen-bond donors (Lipinski definition) is 1. The molecule has 0 aliphatic rings. The van der Waals surface area contributed by atoms with Gasteiger partial charge in [0.15, 0.2) is 0 Å². The Hall–Kier alpha value is -0.970. The van der Waals surface area contributed by atoms with Crippen molar-refractivity contribution in [1.82, 2.24) is 0 Å². The van der Waals surface area contributed by atoms with E-state index < -0.39 is 23.5 Å². The van der Waals surface area contributed by atoms with E-state index in [9.17, 15) is 13.6 Å². The summed E-state index contributed by atoms with van der Waals surface area (Å²) in [6.07, 6.45) is -2.31. The smallest absolute Gasteiger partial charge is 0.343 e. The minimum atomic E-state index is -2.31. The van der Waals surface area contributed by atoms with Crippen molar-refractivity contribution in [2.45, 2.75) is 6.17 Å². The molecular formula is C8H5BrF2O2. The van der Waals surface area contributed by atoms with Crippen LogP contribution in [-0.2, 0) is 4.79 Å². The first-order valence-corrected chi connectivity index (χ1v) is 4.13. The fraction of sp³-hybridized carbons (Fsp3) is 0.125. The van der Waals surface area contributed by atoms with Crippen LogP contribution in [0.5, 0.6) is 0 Å². The molecule has 0 fully saturated rings. The first-order valence-electron chi connectivity index (χ1n) is 3.34. The van der Waals surface area contributed by atoms with Crippen LogP contribution in [0.25, 0.3) is 0 Å². The lowest BCUT2D eigenvalue weighted by molar-refractivity contribution is -0.143. The number of carboxylic acid groups (broad SMARTS) is 1. The molecule has 70 valence electrons. The Balaban J connectivity index is 3.08. The third kappa shape index (κ3) is 2.24. The predicted octanol–water partition coefficient (Wildman–Crippen LogP) is 2.68. The van der Waals surface area contributed by atoms with Crippen molar-refractivity contribution in [3.05, 3.63) is 34.1 Å². The summed E-state index contributed by atoms with van der Waals surface area (Å²) in [5.74, 6) is -2.56. The number of alkyl halides is 1. The van der Waals surface area contributed by atoms with Gasteiger partial charge in [-0.05, 0) is 12.1 Å². The molecule has 0 saturated carbocycles. The van der Waals surface area contributed by atoms with Gasteiger partial charge in [-0.15, -0.1) is 0 Å². The van der Waals surface area contributed by atoms with Gasteiger partial charge < -0.3 is 5.11 Å². The first kappa shape index (κ1) is 10.1. The van der Waals surface area contributed by atoms with Crippen molar-refractivity contribution in [2.24, 2.45) is 0 Å². The molecule has 1 unspecified atom stereocenters. The molecule has 0 saturated heterocycles. The number of benzene rings is 1. The second-order valence-electron chi connectivity index (χ2n) is 2.37. The van der Waals surface area contributed by atoms with Crippen LogP contribution in [0.3, 0.4) is 0 Å². The molecule has 1 aromatic rings. The zero-order chi connectivity index (χ0) is 10.0. The van der Waals surface area contributed by atoms with E-state index in [1.807, 2.05) is 0 Å². The Morgan fingerprint density at radius 1 is 1.54 bits per heavy atom. The molecule has 1 aromatic carbocycles. The zero-order valence-corrected chi connectivity index (χ0v) is 7.88. The standard InChI is InChI=1S/C8H5BrF2O2/c9-4-1-2-5(6(10)3-4)7(11)8(12)13/h1-3,7H,(H,12,13). The van der Waals surface area contributed by atoms with Crippen LogP contribution in [0, 0.1) is 5.82 Å². The molecule has 0 aliphatic heterocycles. The van der Waals surface area contributed by atoms with Gasteiger partial charge in [-0.1, -0.05) is 22.0 Å². The Morgan fingerprint density at radius 2 is 2.15 bits per heavy atom. The van der Waals surface area contributed by atoms with Gasteiger partial charge in [0.25, 0.3) is 0 Å². The van der Waals surface area contributed by atoms with Crippen molar-refractivity contribution < 1.29 is 18.7 Å². The predicted molar refractivity (Wildman–Crippen MR) is 45.6 cm³/mol. The summed E-state index contributed by atoms with van der Waals surface area (Å²) in [6.45, 7) is 0. The molecule has 0 radical (unpaired) electrons. The zero-order valence-electron chi connectivity index (χ0n) is 6.30. The number of hydrogen-bond acceptors (Lipinski definition) is 1. The van der Waals surface area contributed by atoms with Crippen LogP contribution in [0.15, 0.2) is 22.7 Å². The van der Waals surface area contributed by atoms with Crippen LogP contribution < -0.4 is 0 Å². The molecule has 5 heteroatoms. The summed E-state index contributed by atoms with van der Waals surface area (Å²) in [5, 5.41) is 8.28. The summed E-state index contributed by atoms with van der Waals surface area (Å²) in [6, 6.07) is 3.50. The van der Waals surface area contributed by atoms with Crippen molar-refractivity contribution >= 4 is 21.9 Å². The van der Waals surface area contributed by atoms with Gasteiger partial charge in [0.05, 0.1) is 0 Å². The second kappa shape index (κ2) is 3.83.